The number of aliphatic hydroxyl groups is 1. The molecule has 0 saturated carbocycles. The number of rotatable bonds is 3. The summed E-state index contributed by atoms with van der Waals surface area (Å²) in [6, 6.07) is 15.2. The van der Waals surface area contributed by atoms with E-state index < -0.39 is 16.6 Å². The van der Waals surface area contributed by atoms with Crippen molar-refractivity contribution in [2.45, 2.75) is 30.4 Å². The Morgan fingerprint density at radius 2 is 1.90 bits per heavy atom. The highest BCUT2D eigenvalue weighted by molar-refractivity contribution is 7.85. The number of hydrogen-bond donors (Lipinski definition) is 1. The molecule has 0 radical (unpaired) electrons. The molecular weight excluding hydrogens is 284 g/mol. The van der Waals surface area contributed by atoms with Gasteiger partial charge in [0, 0.05) is 11.3 Å². The van der Waals surface area contributed by atoms with Crippen molar-refractivity contribution in [3.63, 3.8) is 0 Å². The van der Waals surface area contributed by atoms with Crippen LogP contribution in [0.5, 0.6) is 5.75 Å². The predicted octanol–water partition coefficient (Wildman–Crippen LogP) is 2.82. The number of ether oxygens (including phenoxy) is 1. The van der Waals surface area contributed by atoms with Gasteiger partial charge in [-0.2, -0.15) is 0 Å². The second-order valence-electron chi connectivity index (χ2n) is 5.46. The molecule has 1 aliphatic rings. The van der Waals surface area contributed by atoms with Crippen LogP contribution in [0.4, 0.5) is 0 Å². The number of benzene rings is 2. The third-order valence-electron chi connectivity index (χ3n) is 3.70. The van der Waals surface area contributed by atoms with E-state index in [0.717, 1.165) is 22.4 Å². The summed E-state index contributed by atoms with van der Waals surface area (Å²) in [5.41, 5.74) is 2.21. The molecule has 0 fully saturated rings. The van der Waals surface area contributed by atoms with Gasteiger partial charge in [-0.3, -0.25) is 4.21 Å². The van der Waals surface area contributed by atoms with Gasteiger partial charge >= 0.3 is 0 Å². The van der Waals surface area contributed by atoms with Crippen molar-refractivity contribution in [2.75, 3.05) is 5.75 Å². The normalized spacial score (nSPS) is 22.2. The van der Waals surface area contributed by atoms with E-state index in [1.807, 2.05) is 55.5 Å². The molecule has 1 heterocycles. The highest BCUT2D eigenvalue weighted by Gasteiger charge is 2.36. The first-order valence-electron chi connectivity index (χ1n) is 7.00. The van der Waals surface area contributed by atoms with Crippen molar-refractivity contribution < 1.29 is 14.1 Å². The molecule has 3 nitrogen and oxygen atoms in total. The highest BCUT2D eigenvalue weighted by Crippen LogP contribution is 2.32. The first-order valence-corrected chi connectivity index (χ1v) is 8.32. The second-order valence-corrected chi connectivity index (χ2v) is 6.91. The van der Waals surface area contributed by atoms with Crippen LogP contribution < -0.4 is 4.74 Å². The van der Waals surface area contributed by atoms with Crippen LogP contribution in [-0.2, 0) is 17.2 Å². The average Bonchev–Trinajstić information content (AvgIpc) is 2.47. The van der Waals surface area contributed by atoms with Gasteiger partial charge in [0.2, 0.25) is 5.79 Å². The fourth-order valence-corrected chi connectivity index (χ4v) is 3.69. The molecular formula is C17H18O3S. The van der Waals surface area contributed by atoms with Crippen molar-refractivity contribution in [1.82, 2.24) is 0 Å². The lowest BCUT2D eigenvalue weighted by atomic mass is 10.0. The van der Waals surface area contributed by atoms with E-state index in [2.05, 4.69) is 0 Å². The van der Waals surface area contributed by atoms with Crippen LogP contribution in [0.3, 0.4) is 0 Å². The molecule has 0 saturated heterocycles. The van der Waals surface area contributed by atoms with E-state index in [4.69, 9.17) is 4.74 Å². The largest absolute Gasteiger partial charge is 0.461 e. The minimum Gasteiger partial charge on any atom is -0.461 e. The molecule has 2 atom stereocenters. The zero-order valence-corrected chi connectivity index (χ0v) is 12.7. The van der Waals surface area contributed by atoms with Crippen molar-refractivity contribution in [1.29, 1.82) is 0 Å². The summed E-state index contributed by atoms with van der Waals surface area (Å²) in [6.45, 7) is 1.99. The quantitative estimate of drug-likeness (QED) is 0.948. The van der Waals surface area contributed by atoms with Gasteiger partial charge in [0.15, 0.2) is 0 Å². The molecule has 1 N–H and O–H groups in total. The molecule has 21 heavy (non-hydrogen) atoms. The Morgan fingerprint density at radius 1 is 1.19 bits per heavy atom. The maximum absolute atomic E-state index is 12.4. The Hall–Kier alpha value is -1.65. The lowest BCUT2D eigenvalue weighted by Gasteiger charge is -2.33. The average molecular weight is 302 g/mol. The summed E-state index contributed by atoms with van der Waals surface area (Å²) >= 11 is 0. The summed E-state index contributed by atoms with van der Waals surface area (Å²) in [7, 11) is -1.28. The summed E-state index contributed by atoms with van der Waals surface area (Å²) in [6.07, 6.45) is 1.19. The van der Waals surface area contributed by atoms with E-state index in [-0.39, 0.29) is 5.75 Å². The Kier molecular flexibility index (Phi) is 3.83. The van der Waals surface area contributed by atoms with Crippen molar-refractivity contribution >= 4 is 10.8 Å². The zero-order chi connectivity index (χ0) is 14.9. The third-order valence-corrected chi connectivity index (χ3v) is 5.21. The lowest BCUT2D eigenvalue weighted by molar-refractivity contribution is -0.130. The van der Waals surface area contributed by atoms with Gasteiger partial charge in [0.1, 0.15) is 5.75 Å². The van der Waals surface area contributed by atoms with Crippen LogP contribution in [0, 0.1) is 6.92 Å². The summed E-state index contributed by atoms with van der Waals surface area (Å²) in [4.78, 5) is 0.719. The van der Waals surface area contributed by atoms with E-state index >= 15 is 0 Å². The minimum atomic E-state index is -1.36. The van der Waals surface area contributed by atoms with Crippen molar-refractivity contribution in [3.05, 3.63) is 59.7 Å². The fraction of sp³-hybridized carbons (Fsp3) is 0.294. The molecule has 110 valence electrons. The fourth-order valence-electron chi connectivity index (χ4n) is 2.48. The molecule has 2 aromatic rings. The van der Waals surface area contributed by atoms with Crippen LogP contribution in [0.1, 0.15) is 17.5 Å². The van der Waals surface area contributed by atoms with Crippen LogP contribution in [0.25, 0.3) is 0 Å². The molecule has 0 aliphatic carbocycles. The summed E-state index contributed by atoms with van der Waals surface area (Å²) < 4.78 is 18.1. The Balaban J connectivity index is 1.75. The smallest absolute Gasteiger partial charge is 0.220 e. The van der Waals surface area contributed by atoms with E-state index in [9.17, 15) is 9.32 Å². The van der Waals surface area contributed by atoms with E-state index in [1.54, 1.807) is 0 Å². The minimum absolute atomic E-state index is 0.0877. The number of fused-ring (bicyclic) bond motifs is 1. The lowest BCUT2D eigenvalue weighted by Crippen LogP contribution is -2.44. The molecule has 2 unspecified atom stereocenters. The Bertz CT molecular complexity index is 666. The maximum atomic E-state index is 12.4. The molecule has 1 aliphatic heterocycles. The van der Waals surface area contributed by atoms with Gasteiger partial charge in [-0.05, 0) is 37.1 Å². The zero-order valence-electron chi connectivity index (χ0n) is 11.9. The van der Waals surface area contributed by atoms with E-state index in [0.29, 0.717) is 12.2 Å². The van der Waals surface area contributed by atoms with Crippen LogP contribution in [0.15, 0.2) is 53.4 Å². The number of aryl methyl sites for hydroxylation is 2. The van der Waals surface area contributed by atoms with Gasteiger partial charge < -0.3 is 9.84 Å². The molecule has 3 rings (SSSR count). The van der Waals surface area contributed by atoms with Gasteiger partial charge in [0.25, 0.3) is 0 Å². The Labute approximate surface area is 127 Å². The number of hydrogen-bond acceptors (Lipinski definition) is 3. The first-order chi connectivity index (χ1) is 10.1. The van der Waals surface area contributed by atoms with Gasteiger partial charge in [-0.25, -0.2) is 0 Å². The van der Waals surface area contributed by atoms with Gasteiger partial charge in [-0.15, -0.1) is 0 Å². The SMILES string of the molecule is Cc1ccc(S(=O)CC2(O)CCc3ccccc3O2)cc1. The highest BCUT2D eigenvalue weighted by atomic mass is 32.2. The molecule has 2 aromatic carbocycles. The number of para-hydroxylation sites is 1. The maximum Gasteiger partial charge on any atom is 0.220 e. The molecule has 0 bridgehead atoms. The van der Waals surface area contributed by atoms with Gasteiger partial charge in [0.05, 0.1) is 16.6 Å². The van der Waals surface area contributed by atoms with Crippen molar-refractivity contribution in [2.24, 2.45) is 0 Å². The molecule has 0 amide bonds. The summed E-state index contributed by atoms with van der Waals surface area (Å²) in [5, 5.41) is 10.6. The molecule has 4 heteroatoms. The molecule has 0 aromatic heterocycles. The van der Waals surface area contributed by atoms with Crippen LogP contribution in [-0.4, -0.2) is 20.9 Å². The predicted molar refractivity (Wildman–Crippen MR) is 82.8 cm³/mol. The topological polar surface area (TPSA) is 46.5 Å². The summed E-state index contributed by atoms with van der Waals surface area (Å²) in [5.74, 6) is -0.582. The monoisotopic (exact) mass is 302 g/mol. The standard InChI is InChI=1S/C17H18O3S/c1-13-6-8-15(9-7-13)21(19)12-17(18)11-10-14-4-2-3-5-16(14)20-17/h2-9,18H,10-12H2,1H3. The van der Waals surface area contributed by atoms with Crippen LogP contribution in [0.2, 0.25) is 0 Å². The first kappa shape index (κ1) is 14.3. The third kappa shape index (κ3) is 3.17. The van der Waals surface area contributed by atoms with Crippen molar-refractivity contribution in [3.8, 4) is 5.75 Å². The second kappa shape index (κ2) is 5.62. The van der Waals surface area contributed by atoms with E-state index in [1.165, 1.54) is 0 Å². The Morgan fingerprint density at radius 3 is 2.67 bits per heavy atom. The molecule has 0 spiro atoms. The van der Waals surface area contributed by atoms with Crippen LogP contribution >= 0.6 is 0 Å². The van der Waals surface area contributed by atoms with Gasteiger partial charge in [-0.1, -0.05) is 35.9 Å².